The van der Waals surface area contributed by atoms with Gasteiger partial charge < -0.3 is 10.6 Å². The molecule has 4 aliphatic carbocycles. The third kappa shape index (κ3) is 2.89. The minimum Gasteiger partial charge on any atom is -0.310 e. The fourth-order valence-corrected chi connectivity index (χ4v) is 7.18. The van der Waals surface area contributed by atoms with Crippen LogP contribution in [0, 0.1) is 23.7 Å². The number of carbonyl (C=O) groups excluding carboxylic acids is 1. The van der Waals surface area contributed by atoms with Crippen LogP contribution in [0.1, 0.15) is 70.6 Å². The summed E-state index contributed by atoms with van der Waals surface area (Å²) in [6.45, 7) is 0.929. The number of ketones is 1. The van der Waals surface area contributed by atoms with Crippen LogP contribution >= 0.6 is 0 Å². The summed E-state index contributed by atoms with van der Waals surface area (Å²) < 4.78 is 0. The van der Waals surface area contributed by atoms with Crippen molar-refractivity contribution >= 4 is 5.78 Å². The molecule has 0 aromatic heterocycles. The summed E-state index contributed by atoms with van der Waals surface area (Å²) in [5.41, 5.74) is 0. The van der Waals surface area contributed by atoms with Crippen molar-refractivity contribution in [1.82, 2.24) is 16.0 Å². The molecule has 0 aromatic carbocycles. The molecule has 5 fully saturated rings. The van der Waals surface area contributed by atoms with Crippen LogP contribution in [0.25, 0.3) is 0 Å². The SMILES string of the molecule is O=C1C2CCCCC2C2NCNC3C(NC4CCCCC4)CCC1C32. The maximum atomic E-state index is 13.2. The maximum absolute atomic E-state index is 13.2. The molecule has 3 N–H and O–H groups in total. The molecule has 5 rings (SSSR count). The molecule has 1 aliphatic heterocycles. The second kappa shape index (κ2) is 6.94. The number of carbonyl (C=O) groups is 1. The first kappa shape index (κ1) is 16.7. The van der Waals surface area contributed by atoms with Crippen molar-refractivity contribution in [3.05, 3.63) is 0 Å². The molecular formula is C21H35N3O. The van der Waals surface area contributed by atoms with Gasteiger partial charge >= 0.3 is 0 Å². The standard InChI is InChI=1S/C21H35N3O/c25-21-15-9-5-4-8-14(15)19-18-16(21)10-11-17(20(18)23-12-22-19)24-13-6-2-1-3-7-13/h13-20,22-24H,1-12H2. The van der Waals surface area contributed by atoms with Gasteiger partial charge in [-0.1, -0.05) is 32.1 Å². The number of rotatable bonds is 2. The van der Waals surface area contributed by atoms with Crippen molar-refractivity contribution in [1.29, 1.82) is 0 Å². The lowest BCUT2D eigenvalue weighted by Crippen LogP contribution is -2.73. The van der Waals surface area contributed by atoms with Crippen LogP contribution in [0.4, 0.5) is 0 Å². The lowest BCUT2D eigenvalue weighted by molar-refractivity contribution is -0.144. The Morgan fingerprint density at radius 3 is 2.40 bits per heavy atom. The Morgan fingerprint density at radius 2 is 1.52 bits per heavy atom. The van der Waals surface area contributed by atoms with E-state index in [2.05, 4.69) is 16.0 Å². The Bertz CT molecular complexity index is 503. The van der Waals surface area contributed by atoms with Crippen LogP contribution in [-0.2, 0) is 4.79 Å². The van der Waals surface area contributed by atoms with Gasteiger partial charge in [0.2, 0.25) is 0 Å². The van der Waals surface area contributed by atoms with Gasteiger partial charge in [-0.05, 0) is 44.4 Å². The Kier molecular flexibility index (Phi) is 4.63. The van der Waals surface area contributed by atoms with Crippen LogP contribution in [0.15, 0.2) is 0 Å². The van der Waals surface area contributed by atoms with Gasteiger partial charge in [-0.15, -0.1) is 0 Å². The fourth-order valence-electron chi connectivity index (χ4n) is 7.18. The highest BCUT2D eigenvalue weighted by molar-refractivity contribution is 5.85. The summed E-state index contributed by atoms with van der Waals surface area (Å²) >= 11 is 0. The Labute approximate surface area is 152 Å². The lowest BCUT2D eigenvalue weighted by atomic mass is 9.54. The molecule has 0 aromatic rings. The van der Waals surface area contributed by atoms with E-state index < -0.39 is 0 Å². The highest BCUT2D eigenvalue weighted by Crippen LogP contribution is 2.49. The second-order valence-corrected chi connectivity index (χ2v) is 9.46. The molecule has 140 valence electrons. The van der Waals surface area contributed by atoms with Crippen LogP contribution in [0.3, 0.4) is 0 Å². The van der Waals surface area contributed by atoms with Gasteiger partial charge in [-0.3, -0.25) is 10.1 Å². The summed E-state index contributed by atoms with van der Waals surface area (Å²) in [6, 6.07) is 2.36. The number of hydrogen-bond donors (Lipinski definition) is 3. The van der Waals surface area contributed by atoms with E-state index >= 15 is 0 Å². The van der Waals surface area contributed by atoms with Gasteiger partial charge in [-0.2, -0.15) is 0 Å². The predicted molar refractivity (Wildman–Crippen MR) is 99.2 cm³/mol. The lowest BCUT2D eigenvalue weighted by Gasteiger charge is -2.57. The van der Waals surface area contributed by atoms with Crippen molar-refractivity contribution in [3.63, 3.8) is 0 Å². The average Bonchev–Trinajstić information content (AvgIpc) is 2.68. The fraction of sp³-hybridized carbons (Fsp3) is 0.952. The molecule has 0 bridgehead atoms. The molecule has 4 saturated carbocycles. The first-order valence-corrected chi connectivity index (χ1v) is 11.1. The topological polar surface area (TPSA) is 53.2 Å². The summed E-state index contributed by atoms with van der Waals surface area (Å²) in [4.78, 5) is 13.2. The van der Waals surface area contributed by atoms with Crippen molar-refractivity contribution in [2.45, 2.75) is 94.8 Å². The zero-order chi connectivity index (χ0) is 16.8. The summed E-state index contributed by atoms with van der Waals surface area (Å²) in [6.07, 6.45) is 14.2. The molecule has 5 aliphatic rings. The van der Waals surface area contributed by atoms with Gasteiger partial charge in [0.1, 0.15) is 5.78 Å². The monoisotopic (exact) mass is 345 g/mol. The zero-order valence-electron chi connectivity index (χ0n) is 15.5. The van der Waals surface area contributed by atoms with Crippen LogP contribution < -0.4 is 16.0 Å². The molecule has 4 heteroatoms. The zero-order valence-corrected chi connectivity index (χ0v) is 15.5. The molecule has 7 atom stereocenters. The highest BCUT2D eigenvalue weighted by Gasteiger charge is 2.56. The Hall–Kier alpha value is -0.450. The largest absolute Gasteiger partial charge is 0.310 e. The number of fused-ring (bicyclic) bond motifs is 2. The van der Waals surface area contributed by atoms with Crippen LogP contribution in [0.2, 0.25) is 0 Å². The van der Waals surface area contributed by atoms with E-state index in [1.165, 1.54) is 57.8 Å². The summed E-state index contributed by atoms with van der Waals surface area (Å²) in [5, 5.41) is 11.6. The normalized spacial score (nSPS) is 47.8. The van der Waals surface area contributed by atoms with Gasteiger partial charge in [0.25, 0.3) is 0 Å². The quantitative estimate of drug-likeness (QED) is 0.720. The molecule has 1 saturated heterocycles. The van der Waals surface area contributed by atoms with Crippen molar-refractivity contribution in [3.8, 4) is 0 Å². The van der Waals surface area contributed by atoms with Gasteiger partial charge in [0.15, 0.2) is 0 Å². The Balaban J connectivity index is 1.36. The van der Waals surface area contributed by atoms with Gasteiger partial charge in [0, 0.05) is 48.6 Å². The van der Waals surface area contributed by atoms with E-state index in [-0.39, 0.29) is 0 Å². The molecule has 4 nitrogen and oxygen atoms in total. The molecule has 0 spiro atoms. The second-order valence-electron chi connectivity index (χ2n) is 9.46. The van der Waals surface area contributed by atoms with Crippen LogP contribution in [0.5, 0.6) is 0 Å². The van der Waals surface area contributed by atoms with E-state index in [0.29, 0.717) is 53.6 Å². The van der Waals surface area contributed by atoms with E-state index in [0.717, 1.165) is 19.5 Å². The molecule has 25 heavy (non-hydrogen) atoms. The van der Waals surface area contributed by atoms with Crippen LogP contribution in [-0.4, -0.2) is 36.6 Å². The summed E-state index contributed by atoms with van der Waals surface area (Å²) in [7, 11) is 0. The first-order chi connectivity index (χ1) is 12.3. The average molecular weight is 346 g/mol. The third-order valence-corrected chi connectivity index (χ3v) is 8.26. The third-order valence-electron chi connectivity index (χ3n) is 8.26. The summed E-state index contributed by atoms with van der Waals surface area (Å²) in [5.74, 6) is 2.46. The molecule has 1 heterocycles. The number of hydrogen-bond acceptors (Lipinski definition) is 4. The van der Waals surface area contributed by atoms with E-state index in [9.17, 15) is 4.79 Å². The molecular weight excluding hydrogens is 310 g/mol. The van der Waals surface area contributed by atoms with E-state index in [1.54, 1.807) is 0 Å². The van der Waals surface area contributed by atoms with Crippen molar-refractivity contribution in [2.24, 2.45) is 23.7 Å². The van der Waals surface area contributed by atoms with Crippen molar-refractivity contribution in [2.75, 3.05) is 6.67 Å². The van der Waals surface area contributed by atoms with Gasteiger partial charge in [0.05, 0.1) is 0 Å². The molecule has 0 radical (unpaired) electrons. The minimum atomic E-state index is 0.319. The van der Waals surface area contributed by atoms with E-state index in [4.69, 9.17) is 0 Å². The number of Topliss-reactive ketones (excluding diaryl/α,β-unsaturated/α-hetero) is 1. The molecule has 7 unspecified atom stereocenters. The first-order valence-electron chi connectivity index (χ1n) is 11.1. The maximum Gasteiger partial charge on any atom is 0.139 e. The highest BCUT2D eigenvalue weighted by atomic mass is 16.1. The number of nitrogens with one attached hydrogen (secondary N) is 3. The van der Waals surface area contributed by atoms with Crippen molar-refractivity contribution < 1.29 is 4.79 Å². The smallest absolute Gasteiger partial charge is 0.139 e. The van der Waals surface area contributed by atoms with Gasteiger partial charge in [-0.25, -0.2) is 0 Å². The Morgan fingerprint density at radius 1 is 0.760 bits per heavy atom. The minimum absolute atomic E-state index is 0.319. The van der Waals surface area contributed by atoms with E-state index in [1.807, 2.05) is 0 Å². The predicted octanol–water partition coefficient (Wildman–Crippen LogP) is 2.58. The molecule has 0 amide bonds.